The molecule has 3 nitrogen and oxygen atoms in total. The third-order valence-electron chi connectivity index (χ3n) is 3.66. The van der Waals surface area contributed by atoms with E-state index in [4.69, 9.17) is 0 Å². The average Bonchev–Trinajstić information content (AvgIpc) is 2.78. The van der Waals surface area contributed by atoms with Crippen LogP contribution in [0.3, 0.4) is 0 Å². The Bertz CT molecular complexity index is 519. The van der Waals surface area contributed by atoms with Gasteiger partial charge in [-0.15, -0.1) is 11.3 Å². The lowest BCUT2D eigenvalue weighted by molar-refractivity contribution is 0.538. The molecule has 2 atom stereocenters. The Labute approximate surface area is 114 Å². The highest BCUT2D eigenvalue weighted by atomic mass is 32.2. The summed E-state index contributed by atoms with van der Waals surface area (Å²) in [5.41, 5.74) is 1.30. The molecule has 5 heteroatoms. The van der Waals surface area contributed by atoms with Crippen LogP contribution in [-0.2, 0) is 9.84 Å². The second kappa shape index (κ2) is 5.31. The molecular formula is C13H21NO2S2. The first-order valence-electron chi connectivity index (χ1n) is 6.42. The van der Waals surface area contributed by atoms with Crippen LogP contribution in [-0.4, -0.2) is 26.0 Å². The van der Waals surface area contributed by atoms with Crippen molar-refractivity contribution in [2.75, 3.05) is 12.3 Å². The van der Waals surface area contributed by atoms with E-state index in [9.17, 15) is 8.42 Å². The van der Waals surface area contributed by atoms with Crippen molar-refractivity contribution < 1.29 is 8.42 Å². The smallest absolute Gasteiger partial charge is 0.154 e. The Balaban J connectivity index is 1.96. The fourth-order valence-corrected chi connectivity index (χ4v) is 5.39. The van der Waals surface area contributed by atoms with Crippen molar-refractivity contribution in [3.8, 4) is 0 Å². The lowest BCUT2D eigenvalue weighted by atomic mass is 10.1. The Morgan fingerprint density at radius 1 is 1.50 bits per heavy atom. The molecule has 18 heavy (non-hydrogen) atoms. The summed E-state index contributed by atoms with van der Waals surface area (Å²) in [6, 6.07) is 2.42. The fourth-order valence-electron chi connectivity index (χ4n) is 2.59. The van der Waals surface area contributed by atoms with Gasteiger partial charge in [-0.2, -0.15) is 0 Å². The van der Waals surface area contributed by atoms with Gasteiger partial charge in [-0.05, 0) is 45.2 Å². The quantitative estimate of drug-likeness (QED) is 0.926. The normalized spacial score (nSPS) is 24.3. The van der Waals surface area contributed by atoms with Gasteiger partial charge in [0.25, 0.3) is 0 Å². The molecule has 0 saturated carbocycles. The molecule has 1 aromatic heterocycles. The predicted molar refractivity (Wildman–Crippen MR) is 77.0 cm³/mol. The number of sulfone groups is 1. The predicted octanol–water partition coefficient (Wildman–Crippen LogP) is 2.59. The van der Waals surface area contributed by atoms with Gasteiger partial charge in [0.15, 0.2) is 9.84 Å². The molecule has 1 aliphatic rings. The van der Waals surface area contributed by atoms with Crippen molar-refractivity contribution in [3.05, 3.63) is 21.4 Å². The molecule has 0 radical (unpaired) electrons. The highest BCUT2D eigenvalue weighted by Gasteiger charge is 2.31. The van der Waals surface area contributed by atoms with Crippen LogP contribution in [0.1, 0.15) is 41.1 Å². The van der Waals surface area contributed by atoms with Gasteiger partial charge in [-0.3, -0.25) is 0 Å². The summed E-state index contributed by atoms with van der Waals surface area (Å²) in [5, 5.41) is 3.20. The van der Waals surface area contributed by atoms with Crippen LogP contribution in [0.5, 0.6) is 0 Å². The molecule has 102 valence electrons. The highest BCUT2D eigenvalue weighted by Crippen LogP contribution is 2.27. The summed E-state index contributed by atoms with van der Waals surface area (Å²) in [7, 11) is -2.83. The molecule has 1 N–H and O–H groups in total. The Hall–Kier alpha value is -0.390. The average molecular weight is 287 g/mol. The van der Waals surface area contributed by atoms with Crippen molar-refractivity contribution in [1.29, 1.82) is 0 Å². The van der Waals surface area contributed by atoms with Crippen LogP contribution in [0.4, 0.5) is 0 Å². The van der Waals surface area contributed by atoms with Crippen molar-refractivity contribution in [3.63, 3.8) is 0 Å². The zero-order chi connectivity index (χ0) is 13.3. The molecule has 1 aliphatic heterocycles. The molecular weight excluding hydrogens is 266 g/mol. The lowest BCUT2D eigenvalue weighted by Gasteiger charge is -2.17. The summed E-state index contributed by atoms with van der Waals surface area (Å²) < 4.78 is 23.5. The third-order valence-corrected chi connectivity index (χ3v) is 6.92. The van der Waals surface area contributed by atoms with Crippen LogP contribution < -0.4 is 5.32 Å². The maximum Gasteiger partial charge on any atom is 0.154 e. The summed E-state index contributed by atoms with van der Waals surface area (Å²) in [5.74, 6) is 0.365. The minimum Gasteiger partial charge on any atom is -0.309 e. The number of hydrogen-bond donors (Lipinski definition) is 1. The van der Waals surface area contributed by atoms with Gasteiger partial charge in [0, 0.05) is 22.3 Å². The molecule has 1 aromatic rings. The molecule has 2 rings (SSSR count). The lowest BCUT2D eigenvalue weighted by Crippen LogP contribution is -2.32. The van der Waals surface area contributed by atoms with Crippen LogP contribution in [0.25, 0.3) is 0 Å². The molecule has 1 fully saturated rings. The molecule has 1 saturated heterocycles. The first-order chi connectivity index (χ1) is 8.40. The van der Waals surface area contributed by atoms with Gasteiger partial charge in [0.05, 0.1) is 11.0 Å². The second-order valence-electron chi connectivity index (χ2n) is 5.13. The van der Waals surface area contributed by atoms with E-state index in [0.717, 1.165) is 12.8 Å². The highest BCUT2D eigenvalue weighted by molar-refractivity contribution is 7.92. The van der Waals surface area contributed by atoms with Gasteiger partial charge in [-0.1, -0.05) is 0 Å². The standard InChI is InChI=1S/C13H21NO2S2/c1-9-7-13(11(3)17-9)10(2)14-8-12-5-4-6-18(12,15)16/h7,10,12,14H,4-6,8H2,1-3H3. The monoisotopic (exact) mass is 287 g/mol. The third kappa shape index (κ3) is 2.95. The Morgan fingerprint density at radius 3 is 2.72 bits per heavy atom. The molecule has 2 heterocycles. The number of nitrogens with one attached hydrogen (secondary N) is 1. The van der Waals surface area contributed by atoms with Crippen molar-refractivity contribution >= 4 is 21.2 Å². The van der Waals surface area contributed by atoms with E-state index in [1.807, 2.05) is 0 Å². The van der Waals surface area contributed by atoms with Crippen LogP contribution >= 0.6 is 11.3 Å². The van der Waals surface area contributed by atoms with Crippen molar-refractivity contribution in [1.82, 2.24) is 5.32 Å². The largest absolute Gasteiger partial charge is 0.309 e. The number of aryl methyl sites for hydroxylation is 2. The topological polar surface area (TPSA) is 46.2 Å². The van der Waals surface area contributed by atoms with Gasteiger partial charge < -0.3 is 5.32 Å². The van der Waals surface area contributed by atoms with E-state index in [1.54, 1.807) is 11.3 Å². The Kier molecular flexibility index (Phi) is 4.14. The molecule has 0 aliphatic carbocycles. The molecule has 0 aromatic carbocycles. The minimum atomic E-state index is -2.83. The first-order valence-corrected chi connectivity index (χ1v) is 8.95. The van der Waals surface area contributed by atoms with Gasteiger partial charge in [0.2, 0.25) is 0 Å². The minimum absolute atomic E-state index is 0.181. The van der Waals surface area contributed by atoms with Crippen LogP contribution in [0, 0.1) is 13.8 Å². The van der Waals surface area contributed by atoms with Gasteiger partial charge >= 0.3 is 0 Å². The maximum atomic E-state index is 11.7. The molecule has 2 unspecified atom stereocenters. The van der Waals surface area contributed by atoms with Crippen LogP contribution in [0.15, 0.2) is 6.07 Å². The summed E-state index contributed by atoms with van der Waals surface area (Å²) in [6.07, 6.45) is 1.63. The number of thiophene rings is 1. The summed E-state index contributed by atoms with van der Waals surface area (Å²) in [6.45, 7) is 6.92. The van der Waals surface area contributed by atoms with E-state index in [2.05, 4.69) is 32.2 Å². The Morgan fingerprint density at radius 2 is 2.22 bits per heavy atom. The van der Waals surface area contributed by atoms with Crippen molar-refractivity contribution in [2.24, 2.45) is 0 Å². The van der Waals surface area contributed by atoms with E-state index in [0.29, 0.717) is 12.3 Å². The molecule has 0 amide bonds. The van der Waals surface area contributed by atoms with E-state index in [1.165, 1.54) is 15.3 Å². The maximum absolute atomic E-state index is 11.7. The van der Waals surface area contributed by atoms with Gasteiger partial charge in [-0.25, -0.2) is 8.42 Å². The summed E-state index contributed by atoms with van der Waals surface area (Å²) >= 11 is 1.80. The SMILES string of the molecule is Cc1cc(C(C)NCC2CCCS2(=O)=O)c(C)s1. The van der Waals surface area contributed by atoms with E-state index < -0.39 is 9.84 Å². The van der Waals surface area contributed by atoms with E-state index in [-0.39, 0.29) is 11.3 Å². The molecule has 0 spiro atoms. The molecule has 0 bridgehead atoms. The zero-order valence-corrected chi connectivity index (χ0v) is 12.8. The zero-order valence-electron chi connectivity index (χ0n) is 11.2. The van der Waals surface area contributed by atoms with Gasteiger partial charge in [0.1, 0.15) is 0 Å². The second-order valence-corrected chi connectivity index (χ2v) is 8.99. The van der Waals surface area contributed by atoms with Crippen molar-refractivity contribution in [2.45, 2.75) is 44.9 Å². The summed E-state index contributed by atoms with van der Waals surface area (Å²) in [4.78, 5) is 2.63. The fraction of sp³-hybridized carbons (Fsp3) is 0.692. The number of rotatable bonds is 4. The number of hydrogen-bond acceptors (Lipinski definition) is 4. The first kappa shape index (κ1) is 14.0. The van der Waals surface area contributed by atoms with E-state index >= 15 is 0 Å². The van der Waals surface area contributed by atoms with Crippen LogP contribution in [0.2, 0.25) is 0 Å².